The van der Waals surface area contributed by atoms with E-state index in [1.807, 2.05) is 26.0 Å². The van der Waals surface area contributed by atoms with E-state index in [0.29, 0.717) is 6.54 Å². The first-order chi connectivity index (χ1) is 7.13. The Balaban J connectivity index is 2.54. The van der Waals surface area contributed by atoms with Gasteiger partial charge in [-0.1, -0.05) is 12.1 Å². The summed E-state index contributed by atoms with van der Waals surface area (Å²) in [5.41, 5.74) is 1.03. The third-order valence-corrected chi connectivity index (χ3v) is 2.32. The Hall–Kier alpha value is -1.53. The molecule has 0 saturated heterocycles. The number of hydrogen-bond donors (Lipinski definition) is 2. The summed E-state index contributed by atoms with van der Waals surface area (Å²) in [6.45, 7) is 4.55. The molecule has 2 unspecified atom stereocenters. The highest BCUT2D eigenvalue weighted by Crippen LogP contribution is 2.17. The van der Waals surface area contributed by atoms with Crippen LogP contribution in [0.1, 0.15) is 25.5 Å². The Labute approximate surface area is 90.4 Å². The highest BCUT2D eigenvalue weighted by molar-refractivity contribution is 5.28. The van der Waals surface area contributed by atoms with Crippen LogP contribution in [0.25, 0.3) is 0 Å². The number of hydrogen-bond acceptors (Lipinski definition) is 3. The molecule has 0 aromatic heterocycles. The van der Waals surface area contributed by atoms with Crippen LogP contribution in [0.4, 0.5) is 0 Å². The maximum atomic E-state index is 9.31. The lowest BCUT2D eigenvalue weighted by Gasteiger charge is -2.15. The van der Waals surface area contributed by atoms with Gasteiger partial charge in [0.05, 0.1) is 12.0 Å². The van der Waals surface area contributed by atoms with Crippen LogP contribution in [-0.2, 0) is 0 Å². The van der Waals surface area contributed by atoms with E-state index in [1.54, 1.807) is 12.1 Å². The minimum atomic E-state index is 0.00441. The lowest BCUT2D eigenvalue weighted by molar-refractivity contribution is 0.471. The van der Waals surface area contributed by atoms with Crippen molar-refractivity contribution in [1.82, 2.24) is 5.32 Å². The number of rotatable bonds is 4. The fraction of sp³-hybridized carbons (Fsp3) is 0.417. The van der Waals surface area contributed by atoms with Crippen LogP contribution in [0.5, 0.6) is 5.75 Å². The second-order valence-corrected chi connectivity index (χ2v) is 3.76. The molecule has 0 aliphatic rings. The van der Waals surface area contributed by atoms with Crippen molar-refractivity contribution in [2.24, 2.45) is 5.92 Å². The van der Waals surface area contributed by atoms with Gasteiger partial charge in [0.1, 0.15) is 5.75 Å². The van der Waals surface area contributed by atoms with E-state index < -0.39 is 0 Å². The van der Waals surface area contributed by atoms with Gasteiger partial charge in [-0.05, 0) is 31.5 Å². The summed E-state index contributed by atoms with van der Waals surface area (Å²) in [5, 5.41) is 21.2. The second-order valence-electron chi connectivity index (χ2n) is 3.76. The van der Waals surface area contributed by atoms with Crippen LogP contribution >= 0.6 is 0 Å². The molecule has 0 amide bonds. The zero-order chi connectivity index (χ0) is 11.3. The Kier molecular flexibility index (Phi) is 4.14. The fourth-order valence-electron chi connectivity index (χ4n) is 1.31. The van der Waals surface area contributed by atoms with Crippen LogP contribution in [0.15, 0.2) is 24.3 Å². The topological polar surface area (TPSA) is 56.0 Å². The van der Waals surface area contributed by atoms with Crippen molar-refractivity contribution in [1.29, 1.82) is 5.26 Å². The van der Waals surface area contributed by atoms with Crippen molar-refractivity contribution >= 4 is 0 Å². The van der Waals surface area contributed by atoms with E-state index in [2.05, 4.69) is 11.4 Å². The van der Waals surface area contributed by atoms with Crippen LogP contribution in [0, 0.1) is 17.2 Å². The van der Waals surface area contributed by atoms with Crippen molar-refractivity contribution in [3.63, 3.8) is 0 Å². The molecular formula is C12H16N2O. The van der Waals surface area contributed by atoms with Gasteiger partial charge in [0.25, 0.3) is 0 Å². The predicted molar refractivity (Wildman–Crippen MR) is 59.3 cm³/mol. The van der Waals surface area contributed by atoms with E-state index in [-0.39, 0.29) is 17.7 Å². The summed E-state index contributed by atoms with van der Waals surface area (Å²) >= 11 is 0. The SMILES string of the molecule is CC(C#N)CNC(C)c1cccc(O)c1. The molecule has 0 radical (unpaired) electrons. The molecule has 3 nitrogen and oxygen atoms in total. The maximum absolute atomic E-state index is 9.31. The highest BCUT2D eigenvalue weighted by atomic mass is 16.3. The highest BCUT2D eigenvalue weighted by Gasteiger charge is 2.07. The van der Waals surface area contributed by atoms with Crippen LogP contribution in [0.3, 0.4) is 0 Å². The third kappa shape index (κ3) is 3.61. The van der Waals surface area contributed by atoms with E-state index in [0.717, 1.165) is 5.56 Å². The van der Waals surface area contributed by atoms with Gasteiger partial charge in [-0.2, -0.15) is 5.26 Å². The van der Waals surface area contributed by atoms with Gasteiger partial charge in [-0.25, -0.2) is 0 Å². The first-order valence-corrected chi connectivity index (χ1v) is 5.05. The van der Waals surface area contributed by atoms with Crippen LogP contribution < -0.4 is 5.32 Å². The summed E-state index contributed by atoms with van der Waals surface area (Å²) in [4.78, 5) is 0. The van der Waals surface area contributed by atoms with Crippen molar-refractivity contribution in [2.75, 3.05) is 6.54 Å². The lowest BCUT2D eigenvalue weighted by Crippen LogP contribution is -2.23. The predicted octanol–water partition coefficient (Wildman–Crippen LogP) is 2.20. The fourth-order valence-corrected chi connectivity index (χ4v) is 1.31. The van der Waals surface area contributed by atoms with Gasteiger partial charge >= 0.3 is 0 Å². The molecule has 2 atom stereocenters. The van der Waals surface area contributed by atoms with Crippen molar-refractivity contribution in [2.45, 2.75) is 19.9 Å². The van der Waals surface area contributed by atoms with Crippen molar-refractivity contribution < 1.29 is 5.11 Å². The number of nitriles is 1. The van der Waals surface area contributed by atoms with Crippen molar-refractivity contribution in [3.05, 3.63) is 29.8 Å². The van der Waals surface area contributed by atoms with Crippen LogP contribution in [0.2, 0.25) is 0 Å². The molecular weight excluding hydrogens is 188 g/mol. The van der Waals surface area contributed by atoms with Gasteiger partial charge in [0.2, 0.25) is 0 Å². The molecule has 3 heteroatoms. The van der Waals surface area contributed by atoms with Crippen molar-refractivity contribution in [3.8, 4) is 11.8 Å². The van der Waals surface area contributed by atoms with Gasteiger partial charge in [-0.15, -0.1) is 0 Å². The summed E-state index contributed by atoms with van der Waals surface area (Å²) < 4.78 is 0. The molecule has 1 rings (SSSR count). The first-order valence-electron chi connectivity index (χ1n) is 5.05. The minimum absolute atomic E-state index is 0.00441. The molecule has 0 aliphatic carbocycles. The summed E-state index contributed by atoms with van der Waals surface area (Å²) in [7, 11) is 0. The maximum Gasteiger partial charge on any atom is 0.115 e. The monoisotopic (exact) mass is 204 g/mol. The summed E-state index contributed by atoms with van der Waals surface area (Å²) in [6, 6.07) is 9.46. The van der Waals surface area contributed by atoms with Gasteiger partial charge in [-0.3, -0.25) is 0 Å². The van der Waals surface area contributed by atoms with Gasteiger partial charge < -0.3 is 10.4 Å². The van der Waals surface area contributed by atoms with Gasteiger partial charge in [0, 0.05) is 12.6 Å². The number of phenols is 1. The molecule has 80 valence electrons. The second kappa shape index (κ2) is 5.38. The van der Waals surface area contributed by atoms with E-state index >= 15 is 0 Å². The average molecular weight is 204 g/mol. The zero-order valence-electron chi connectivity index (χ0n) is 9.07. The molecule has 0 bridgehead atoms. The molecule has 1 aromatic rings. The Morgan fingerprint density at radius 1 is 1.47 bits per heavy atom. The van der Waals surface area contributed by atoms with E-state index in [4.69, 9.17) is 5.26 Å². The quantitative estimate of drug-likeness (QED) is 0.790. The normalized spacial score (nSPS) is 14.2. The zero-order valence-corrected chi connectivity index (χ0v) is 9.07. The molecule has 0 saturated carbocycles. The number of benzene rings is 1. The third-order valence-electron chi connectivity index (χ3n) is 2.32. The smallest absolute Gasteiger partial charge is 0.115 e. The number of aromatic hydroxyl groups is 1. The van der Waals surface area contributed by atoms with E-state index in [1.165, 1.54) is 0 Å². The van der Waals surface area contributed by atoms with Gasteiger partial charge in [0.15, 0.2) is 0 Å². The molecule has 0 fully saturated rings. The number of nitrogens with zero attached hydrogens (tertiary/aromatic N) is 1. The standard InChI is InChI=1S/C12H16N2O/c1-9(7-13)8-14-10(2)11-4-3-5-12(15)6-11/h3-6,9-10,14-15H,8H2,1-2H3. The summed E-state index contributed by atoms with van der Waals surface area (Å²) in [6.07, 6.45) is 0. The average Bonchev–Trinajstić information content (AvgIpc) is 2.25. The van der Waals surface area contributed by atoms with Crippen LogP contribution in [-0.4, -0.2) is 11.7 Å². The molecule has 15 heavy (non-hydrogen) atoms. The Morgan fingerprint density at radius 3 is 2.80 bits per heavy atom. The molecule has 0 spiro atoms. The summed E-state index contributed by atoms with van der Waals surface area (Å²) in [5.74, 6) is 0.277. The minimum Gasteiger partial charge on any atom is -0.508 e. The number of phenolic OH excluding ortho intramolecular Hbond substituents is 1. The largest absolute Gasteiger partial charge is 0.508 e. The first kappa shape index (κ1) is 11.5. The Morgan fingerprint density at radius 2 is 2.20 bits per heavy atom. The molecule has 1 aromatic carbocycles. The Bertz CT molecular complexity index is 357. The molecule has 0 aliphatic heterocycles. The lowest BCUT2D eigenvalue weighted by atomic mass is 10.1. The number of nitrogens with one attached hydrogen (secondary N) is 1. The van der Waals surface area contributed by atoms with E-state index in [9.17, 15) is 5.11 Å². The molecule has 2 N–H and O–H groups in total. The molecule has 0 heterocycles.